The lowest BCUT2D eigenvalue weighted by Gasteiger charge is -2.03. The lowest BCUT2D eigenvalue weighted by molar-refractivity contribution is 1.46. The summed E-state index contributed by atoms with van der Waals surface area (Å²) >= 11 is 8.63. The van der Waals surface area contributed by atoms with Crippen molar-refractivity contribution in [3.05, 3.63) is 107 Å². The second kappa shape index (κ2) is 8.32. The highest BCUT2D eigenvalue weighted by atomic mass is 32.1. The number of hydrogen-bond acceptors (Lipinski definition) is 2. The van der Waals surface area contributed by atoms with Crippen LogP contribution in [0.3, 0.4) is 0 Å². The molecule has 0 fully saturated rings. The highest BCUT2D eigenvalue weighted by Crippen LogP contribution is 2.22. The second-order valence-corrected chi connectivity index (χ2v) is 7.33. The van der Waals surface area contributed by atoms with Crippen LogP contribution < -0.4 is 0 Å². The first-order valence-corrected chi connectivity index (χ1v) is 9.72. The van der Waals surface area contributed by atoms with Gasteiger partial charge in [0.1, 0.15) is 0 Å². The van der Waals surface area contributed by atoms with Crippen LogP contribution in [0, 0.1) is 23.7 Å². The van der Waals surface area contributed by atoms with Gasteiger partial charge in [0, 0.05) is 32.0 Å². The van der Waals surface area contributed by atoms with Crippen LogP contribution in [0.2, 0.25) is 0 Å². The average Bonchev–Trinajstić information content (AvgIpc) is 2.73. The summed E-state index contributed by atoms with van der Waals surface area (Å²) in [5.41, 5.74) is 3.93. The SMILES string of the molecule is Sc1ccc(C#Cc2ccc(C#Cc3ccc(S)cc3)c3ccccc23)cc1. The normalized spacial score (nSPS) is 9.93. The largest absolute Gasteiger partial charge is 0.143 e. The third-order valence-corrected chi connectivity index (χ3v) is 4.94. The van der Waals surface area contributed by atoms with Gasteiger partial charge in [0.15, 0.2) is 0 Å². The molecule has 4 rings (SSSR count). The molecule has 2 heteroatoms. The van der Waals surface area contributed by atoms with Gasteiger partial charge in [-0.05, 0) is 71.4 Å². The van der Waals surface area contributed by atoms with E-state index in [1.54, 1.807) is 0 Å². The molecule has 132 valence electrons. The van der Waals surface area contributed by atoms with E-state index < -0.39 is 0 Å². The molecule has 0 aliphatic carbocycles. The molecule has 0 aliphatic rings. The van der Waals surface area contributed by atoms with Crippen LogP contribution in [-0.2, 0) is 0 Å². The van der Waals surface area contributed by atoms with Gasteiger partial charge in [-0.1, -0.05) is 47.9 Å². The Balaban J connectivity index is 1.73. The standard InChI is InChI=1S/C26H16S2/c27-23-15-7-19(8-16-23)5-11-21-13-14-22(26-4-2-1-3-25(21)26)12-6-20-9-17-24(28)18-10-20/h1-4,7-10,13-18,27-28H. The Morgan fingerprint density at radius 2 is 0.821 bits per heavy atom. The summed E-state index contributed by atoms with van der Waals surface area (Å²) in [7, 11) is 0. The summed E-state index contributed by atoms with van der Waals surface area (Å²) < 4.78 is 0. The predicted octanol–water partition coefficient (Wildman–Crippen LogP) is 6.22. The van der Waals surface area contributed by atoms with Gasteiger partial charge in [0.05, 0.1) is 0 Å². The van der Waals surface area contributed by atoms with Gasteiger partial charge in [-0.15, -0.1) is 25.3 Å². The van der Waals surface area contributed by atoms with E-state index in [0.717, 1.165) is 42.8 Å². The monoisotopic (exact) mass is 392 g/mol. The van der Waals surface area contributed by atoms with E-state index in [0.29, 0.717) is 0 Å². The third-order valence-electron chi connectivity index (χ3n) is 4.34. The minimum absolute atomic E-state index is 0.933. The highest BCUT2D eigenvalue weighted by molar-refractivity contribution is 7.80. The van der Waals surface area contributed by atoms with Gasteiger partial charge < -0.3 is 0 Å². The first-order chi connectivity index (χ1) is 13.7. The summed E-state index contributed by atoms with van der Waals surface area (Å²) in [4.78, 5) is 1.87. The van der Waals surface area contributed by atoms with E-state index in [2.05, 4.69) is 61.1 Å². The molecular formula is C26H16S2. The zero-order valence-electron chi connectivity index (χ0n) is 15.0. The van der Waals surface area contributed by atoms with Gasteiger partial charge in [-0.3, -0.25) is 0 Å². The summed E-state index contributed by atoms with van der Waals surface area (Å²) in [5, 5.41) is 2.22. The van der Waals surface area contributed by atoms with Crippen LogP contribution in [0.4, 0.5) is 0 Å². The minimum Gasteiger partial charge on any atom is -0.143 e. The molecular weight excluding hydrogens is 376 g/mol. The highest BCUT2D eigenvalue weighted by Gasteiger charge is 2.02. The van der Waals surface area contributed by atoms with Crippen molar-refractivity contribution in [2.24, 2.45) is 0 Å². The summed E-state index contributed by atoms with van der Waals surface area (Å²) in [6.07, 6.45) is 0. The molecule has 0 radical (unpaired) electrons. The van der Waals surface area contributed by atoms with E-state index in [-0.39, 0.29) is 0 Å². The molecule has 28 heavy (non-hydrogen) atoms. The van der Waals surface area contributed by atoms with Crippen LogP contribution in [-0.4, -0.2) is 0 Å². The van der Waals surface area contributed by atoms with Crippen LogP contribution in [0.1, 0.15) is 22.3 Å². The molecule has 0 aromatic heterocycles. The van der Waals surface area contributed by atoms with Crippen molar-refractivity contribution < 1.29 is 0 Å². The molecule has 0 saturated heterocycles. The fourth-order valence-corrected chi connectivity index (χ4v) is 3.18. The molecule has 0 aliphatic heterocycles. The van der Waals surface area contributed by atoms with Crippen molar-refractivity contribution in [1.29, 1.82) is 0 Å². The van der Waals surface area contributed by atoms with Crippen LogP contribution in [0.15, 0.2) is 94.7 Å². The molecule has 0 heterocycles. The van der Waals surface area contributed by atoms with Gasteiger partial charge in [-0.25, -0.2) is 0 Å². The maximum Gasteiger partial charge on any atom is 0.0328 e. The Hall–Kier alpha value is -3.04. The zero-order chi connectivity index (χ0) is 19.3. The molecule has 0 atom stereocenters. The van der Waals surface area contributed by atoms with Gasteiger partial charge in [0.2, 0.25) is 0 Å². The number of rotatable bonds is 0. The average molecular weight is 393 g/mol. The van der Waals surface area contributed by atoms with Crippen molar-refractivity contribution >= 4 is 36.0 Å². The van der Waals surface area contributed by atoms with Crippen molar-refractivity contribution in [3.8, 4) is 23.7 Å². The fourth-order valence-electron chi connectivity index (χ4n) is 2.89. The van der Waals surface area contributed by atoms with E-state index in [1.807, 2.05) is 72.8 Å². The number of hydrogen-bond donors (Lipinski definition) is 2. The maximum absolute atomic E-state index is 4.32. The van der Waals surface area contributed by atoms with Crippen molar-refractivity contribution in [3.63, 3.8) is 0 Å². The molecule has 0 bridgehead atoms. The number of fused-ring (bicyclic) bond motifs is 1. The summed E-state index contributed by atoms with van der Waals surface area (Å²) in [5.74, 6) is 13.1. The predicted molar refractivity (Wildman–Crippen MR) is 123 cm³/mol. The Kier molecular flexibility index (Phi) is 5.45. The Labute approximate surface area is 176 Å². The van der Waals surface area contributed by atoms with Crippen LogP contribution in [0.25, 0.3) is 10.8 Å². The number of benzene rings is 4. The fraction of sp³-hybridized carbons (Fsp3) is 0. The Morgan fingerprint density at radius 3 is 1.21 bits per heavy atom. The molecule has 0 nitrogen and oxygen atoms in total. The van der Waals surface area contributed by atoms with Crippen molar-refractivity contribution in [2.75, 3.05) is 0 Å². The second-order valence-electron chi connectivity index (χ2n) is 6.30. The third kappa shape index (κ3) is 4.26. The van der Waals surface area contributed by atoms with E-state index >= 15 is 0 Å². The zero-order valence-corrected chi connectivity index (χ0v) is 16.8. The first kappa shape index (κ1) is 18.3. The van der Waals surface area contributed by atoms with E-state index in [4.69, 9.17) is 0 Å². The topological polar surface area (TPSA) is 0 Å². The summed E-state index contributed by atoms with van der Waals surface area (Å²) in [6.45, 7) is 0. The van der Waals surface area contributed by atoms with E-state index in [9.17, 15) is 0 Å². The molecule has 4 aromatic carbocycles. The molecule has 0 saturated carbocycles. The molecule has 0 unspecified atom stereocenters. The van der Waals surface area contributed by atoms with Gasteiger partial charge in [0.25, 0.3) is 0 Å². The maximum atomic E-state index is 4.32. The lowest BCUT2D eigenvalue weighted by Crippen LogP contribution is -1.85. The first-order valence-electron chi connectivity index (χ1n) is 8.83. The Bertz CT molecular complexity index is 1160. The molecule has 0 N–H and O–H groups in total. The van der Waals surface area contributed by atoms with Crippen molar-refractivity contribution in [2.45, 2.75) is 9.79 Å². The minimum atomic E-state index is 0.933. The van der Waals surface area contributed by atoms with Crippen molar-refractivity contribution in [1.82, 2.24) is 0 Å². The quantitative estimate of drug-likeness (QED) is 0.258. The Morgan fingerprint density at radius 1 is 0.429 bits per heavy atom. The van der Waals surface area contributed by atoms with Crippen LogP contribution in [0.5, 0.6) is 0 Å². The van der Waals surface area contributed by atoms with Gasteiger partial charge >= 0.3 is 0 Å². The molecule has 0 amide bonds. The number of thiol groups is 2. The molecule has 4 aromatic rings. The summed E-state index contributed by atoms with van der Waals surface area (Å²) in [6, 6.07) is 28.1. The van der Waals surface area contributed by atoms with Gasteiger partial charge in [-0.2, -0.15) is 0 Å². The molecule has 0 spiro atoms. The van der Waals surface area contributed by atoms with Crippen LogP contribution >= 0.6 is 25.3 Å². The smallest absolute Gasteiger partial charge is 0.0328 e. The lowest BCUT2D eigenvalue weighted by atomic mass is 9.99. The van der Waals surface area contributed by atoms with E-state index in [1.165, 1.54) is 0 Å².